The molecular weight excluding hydrogens is 285 g/mol. The average Bonchev–Trinajstić information content (AvgIpc) is 2.40. The zero-order valence-electron chi connectivity index (χ0n) is 10.5. The second kappa shape index (κ2) is 9.06. The summed E-state index contributed by atoms with van der Waals surface area (Å²) in [6.45, 7) is 1.44. The zero-order valence-corrected chi connectivity index (χ0v) is 12.0. The van der Waals surface area contributed by atoms with E-state index in [1.807, 2.05) is 0 Å². The number of rotatable bonds is 8. The van der Waals surface area contributed by atoms with Crippen LogP contribution in [-0.2, 0) is 0 Å². The molecule has 5 heteroatoms. The number of nitrogens with one attached hydrogen (secondary N) is 1. The number of aliphatic hydroxyl groups is 1. The van der Waals surface area contributed by atoms with Gasteiger partial charge in [0.1, 0.15) is 18.5 Å². The summed E-state index contributed by atoms with van der Waals surface area (Å²) in [5.41, 5.74) is 0. The lowest BCUT2D eigenvalue weighted by molar-refractivity contribution is 0.106. The van der Waals surface area contributed by atoms with Crippen molar-refractivity contribution >= 4 is 23.2 Å². The number of halogens is 2. The number of hydrogen-bond acceptors (Lipinski definition) is 3. The summed E-state index contributed by atoms with van der Waals surface area (Å²) >= 11 is 11.7. The maximum absolute atomic E-state index is 9.70. The maximum atomic E-state index is 9.70. The van der Waals surface area contributed by atoms with Crippen molar-refractivity contribution in [1.29, 1.82) is 0 Å². The van der Waals surface area contributed by atoms with Gasteiger partial charge in [0, 0.05) is 19.0 Å². The molecule has 19 heavy (non-hydrogen) atoms. The smallest absolute Gasteiger partial charge is 0.121 e. The lowest BCUT2D eigenvalue weighted by atomic mass is 10.3. The molecule has 0 saturated carbocycles. The van der Waals surface area contributed by atoms with Crippen LogP contribution in [0.3, 0.4) is 0 Å². The Hall–Kier alpha value is -0.920. The summed E-state index contributed by atoms with van der Waals surface area (Å²) in [5.74, 6) is 3.15. The maximum Gasteiger partial charge on any atom is 0.121 e. The van der Waals surface area contributed by atoms with Crippen LogP contribution < -0.4 is 10.1 Å². The van der Waals surface area contributed by atoms with E-state index in [-0.39, 0.29) is 6.61 Å². The standard InChI is InChI=1S/C14H17Cl2NO2/c1-2-3-4-7-17-9-11(18)10-19-12-5-6-13(15)14(16)8-12/h1,5-6,8,11,17-18H,3-4,7,9-10H2. The van der Waals surface area contributed by atoms with Gasteiger partial charge in [0.15, 0.2) is 0 Å². The lowest BCUT2D eigenvalue weighted by Gasteiger charge is -2.13. The van der Waals surface area contributed by atoms with Gasteiger partial charge in [-0.05, 0) is 25.1 Å². The summed E-state index contributed by atoms with van der Waals surface area (Å²) in [7, 11) is 0. The molecule has 0 fully saturated rings. The van der Waals surface area contributed by atoms with E-state index in [1.54, 1.807) is 18.2 Å². The van der Waals surface area contributed by atoms with E-state index in [0.717, 1.165) is 19.4 Å². The van der Waals surface area contributed by atoms with E-state index in [2.05, 4.69) is 11.2 Å². The first-order valence-corrected chi connectivity index (χ1v) is 6.79. The first-order chi connectivity index (χ1) is 9.13. The summed E-state index contributed by atoms with van der Waals surface area (Å²) in [4.78, 5) is 0. The second-order valence-electron chi connectivity index (χ2n) is 4.05. The Kier molecular flexibility index (Phi) is 7.69. The number of terminal acetylenes is 1. The van der Waals surface area contributed by atoms with Gasteiger partial charge >= 0.3 is 0 Å². The molecule has 0 aromatic heterocycles. The third-order valence-corrected chi connectivity index (χ3v) is 3.13. The van der Waals surface area contributed by atoms with E-state index in [4.69, 9.17) is 34.4 Å². The van der Waals surface area contributed by atoms with Crippen molar-refractivity contribution in [3.8, 4) is 18.1 Å². The highest BCUT2D eigenvalue weighted by molar-refractivity contribution is 6.42. The first kappa shape index (κ1) is 16.1. The Labute approximate surface area is 123 Å². The summed E-state index contributed by atoms with van der Waals surface area (Å²) in [6.07, 6.45) is 6.19. The van der Waals surface area contributed by atoms with Crippen LogP contribution in [0.15, 0.2) is 18.2 Å². The minimum atomic E-state index is -0.583. The minimum absolute atomic E-state index is 0.195. The van der Waals surface area contributed by atoms with E-state index < -0.39 is 6.10 Å². The highest BCUT2D eigenvalue weighted by atomic mass is 35.5. The molecule has 0 bridgehead atoms. The molecule has 1 unspecified atom stereocenters. The molecule has 0 saturated heterocycles. The van der Waals surface area contributed by atoms with Crippen LogP contribution in [0.1, 0.15) is 12.8 Å². The Morgan fingerprint density at radius 2 is 2.16 bits per heavy atom. The molecule has 2 N–H and O–H groups in total. The number of ether oxygens (including phenoxy) is 1. The molecule has 1 aromatic rings. The van der Waals surface area contributed by atoms with Crippen molar-refractivity contribution in [3.63, 3.8) is 0 Å². The number of benzene rings is 1. The normalized spacial score (nSPS) is 11.9. The number of aliphatic hydroxyl groups excluding tert-OH is 1. The van der Waals surface area contributed by atoms with Gasteiger partial charge in [-0.1, -0.05) is 23.2 Å². The van der Waals surface area contributed by atoms with E-state index >= 15 is 0 Å². The summed E-state index contributed by atoms with van der Waals surface area (Å²) in [6, 6.07) is 4.99. The highest BCUT2D eigenvalue weighted by Gasteiger charge is 2.06. The SMILES string of the molecule is C#CCCCNCC(O)COc1ccc(Cl)c(Cl)c1. The predicted molar refractivity (Wildman–Crippen MR) is 78.9 cm³/mol. The fourth-order valence-corrected chi connectivity index (χ4v) is 1.69. The fourth-order valence-electron chi connectivity index (χ4n) is 1.40. The number of unbranched alkanes of at least 4 members (excludes halogenated alkanes) is 1. The Morgan fingerprint density at radius 1 is 1.37 bits per heavy atom. The molecule has 1 aromatic carbocycles. The van der Waals surface area contributed by atoms with Crippen LogP contribution in [0.5, 0.6) is 5.75 Å². The number of hydrogen-bond donors (Lipinski definition) is 2. The largest absolute Gasteiger partial charge is 0.491 e. The first-order valence-electron chi connectivity index (χ1n) is 6.03. The van der Waals surface area contributed by atoms with Crippen molar-refractivity contribution in [2.24, 2.45) is 0 Å². The van der Waals surface area contributed by atoms with E-state index in [9.17, 15) is 5.11 Å². The molecule has 3 nitrogen and oxygen atoms in total. The molecular formula is C14H17Cl2NO2. The lowest BCUT2D eigenvalue weighted by Crippen LogP contribution is -2.31. The topological polar surface area (TPSA) is 41.5 Å². The fraction of sp³-hybridized carbons (Fsp3) is 0.429. The van der Waals surface area contributed by atoms with Crippen LogP contribution in [-0.4, -0.2) is 30.9 Å². The van der Waals surface area contributed by atoms with Crippen LogP contribution in [0.4, 0.5) is 0 Å². The van der Waals surface area contributed by atoms with Gasteiger partial charge in [0.25, 0.3) is 0 Å². The van der Waals surface area contributed by atoms with E-state index in [0.29, 0.717) is 22.3 Å². The van der Waals surface area contributed by atoms with Gasteiger partial charge in [0.2, 0.25) is 0 Å². The van der Waals surface area contributed by atoms with Gasteiger partial charge < -0.3 is 15.2 Å². The second-order valence-corrected chi connectivity index (χ2v) is 4.87. The molecule has 0 aliphatic heterocycles. The molecule has 104 valence electrons. The van der Waals surface area contributed by atoms with Crippen LogP contribution in [0.2, 0.25) is 10.0 Å². The molecule has 0 amide bonds. The van der Waals surface area contributed by atoms with Crippen LogP contribution >= 0.6 is 23.2 Å². The van der Waals surface area contributed by atoms with Gasteiger partial charge in [-0.3, -0.25) is 0 Å². The van der Waals surface area contributed by atoms with Crippen molar-refractivity contribution in [1.82, 2.24) is 5.32 Å². The molecule has 0 spiro atoms. The Morgan fingerprint density at radius 3 is 2.84 bits per heavy atom. The van der Waals surface area contributed by atoms with Crippen LogP contribution in [0.25, 0.3) is 0 Å². The van der Waals surface area contributed by atoms with Crippen molar-refractivity contribution < 1.29 is 9.84 Å². The van der Waals surface area contributed by atoms with Crippen molar-refractivity contribution in [3.05, 3.63) is 28.2 Å². The third kappa shape index (κ3) is 6.70. The molecule has 0 radical (unpaired) electrons. The highest BCUT2D eigenvalue weighted by Crippen LogP contribution is 2.26. The predicted octanol–water partition coefficient (Wildman–Crippen LogP) is 2.74. The molecule has 1 atom stereocenters. The van der Waals surface area contributed by atoms with Crippen LogP contribution in [0, 0.1) is 12.3 Å². The quantitative estimate of drug-likeness (QED) is 0.573. The van der Waals surface area contributed by atoms with Gasteiger partial charge in [-0.2, -0.15) is 0 Å². The zero-order chi connectivity index (χ0) is 14.1. The molecule has 0 aliphatic rings. The van der Waals surface area contributed by atoms with Crippen molar-refractivity contribution in [2.75, 3.05) is 19.7 Å². The third-order valence-electron chi connectivity index (χ3n) is 2.39. The van der Waals surface area contributed by atoms with Gasteiger partial charge in [0.05, 0.1) is 10.0 Å². The molecule has 0 aliphatic carbocycles. The molecule has 1 rings (SSSR count). The summed E-state index contributed by atoms with van der Waals surface area (Å²) < 4.78 is 5.42. The summed E-state index contributed by atoms with van der Waals surface area (Å²) in [5, 5.41) is 13.7. The Bertz CT molecular complexity index is 432. The van der Waals surface area contributed by atoms with Gasteiger partial charge in [-0.15, -0.1) is 12.3 Å². The average molecular weight is 302 g/mol. The van der Waals surface area contributed by atoms with E-state index in [1.165, 1.54) is 0 Å². The minimum Gasteiger partial charge on any atom is -0.491 e. The van der Waals surface area contributed by atoms with Crippen molar-refractivity contribution in [2.45, 2.75) is 18.9 Å². The Balaban J connectivity index is 2.20. The van der Waals surface area contributed by atoms with Gasteiger partial charge in [-0.25, -0.2) is 0 Å². The monoisotopic (exact) mass is 301 g/mol. The molecule has 0 heterocycles.